The van der Waals surface area contributed by atoms with E-state index in [1.807, 2.05) is 26.0 Å². The zero-order chi connectivity index (χ0) is 17.5. The maximum atomic E-state index is 11.8. The number of carbonyl (C=O) groups is 3. The molecule has 0 saturated carbocycles. The highest BCUT2D eigenvalue weighted by Crippen LogP contribution is 2.32. The maximum absolute atomic E-state index is 11.8. The first-order valence-electron chi connectivity index (χ1n) is 8.06. The average molecular weight is 333 g/mol. The van der Waals surface area contributed by atoms with Crippen LogP contribution in [0.5, 0.6) is 5.75 Å². The minimum absolute atomic E-state index is 0.0563. The Morgan fingerprint density at radius 2 is 2.04 bits per heavy atom. The minimum atomic E-state index is -0.313. The van der Waals surface area contributed by atoms with E-state index in [9.17, 15) is 14.4 Å². The molecule has 0 radical (unpaired) electrons. The van der Waals surface area contributed by atoms with E-state index in [0.717, 1.165) is 5.56 Å². The van der Waals surface area contributed by atoms with E-state index in [-0.39, 0.29) is 43.3 Å². The molecule has 130 valence electrons. The quantitative estimate of drug-likeness (QED) is 0.693. The van der Waals surface area contributed by atoms with Crippen LogP contribution in [-0.2, 0) is 20.8 Å². The van der Waals surface area contributed by atoms with Crippen LogP contribution in [0.1, 0.15) is 32.3 Å². The summed E-state index contributed by atoms with van der Waals surface area (Å²) in [5, 5.41) is 8.16. The van der Waals surface area contributed by atoms with E-state index >= 15 is 0 Å². The van der Waals surface area contributed by atoms with Crippen LogP contribution in [0.2, 0.25) is 0 Å². The molecule has 3 N–H and O–H groups in total. The number of nitrogens with one attached hydrogen (secondary N) is 3. The SMILES string of the molecule is CC(C)NC(=O)CCNC(=O)COc1cccc2c1NC(=O)CC2. The Morgan fingerprint density at radius 1 is 1.25 bits per heavy atom. The molecule has 1 aromatic rings. The number of carbonyl (C=O) groups excluding carboxylic acids is 3. The lowest BCUT2D eigenvalue weighted by atomic mass is 10.0. The van der Waals surface area contributed by atoms with Gasteiger partial charge in [-0.3, -0.25) is 14.4 Å². The number of ether oxygens (including phenoxy) is 1. The number of para-hydroxylation sites is 1. The lowest BCUT2D eigenvalue weighted by molar-refractivity contribution is -0.123. The molecule has 0 aliphatic carbocycles. The van der Waals surface area contributed by atoms with Crippen molar-refractivity contribution in [2.24, 2.45) is 0 Å². The van der Waals surface area contributed by atoms with E-state index in [0.29, 0.717) is 24.3 Å². The van der Waals surface area contributed by atoms with Crippen molar-refractivity contribution in [1.82, 2.24) is 10.6 Å². The molecule has 0 atom stereocenters. The van der Waals surface area contributed by atoms with E-state index in [2.05, 4.69) is 16.0 Å². The van der Waals surface area contributed by atoms with Crippen molar-refractivity contribution in [1.29, 1.82) is 0 Å². The topological polar surface area (TPSA) is 96.5 Å². The molecule has 0 aromatic heterocycles. The summed E-state index contributed by atoms with van der Waals surface area (Å²) >= 11 is 0. The highest BCUT2D eigenvalue weighted by Gasteiger charge is 2.18. The summed E-state index contributed by atoms with van der Waals surface area (Å²) in [6.45, 7) is 3.84. The number of hydrogen-bond donors (Lipinski definition) is 3. The zero-order valence-corrected chi connectivity index (χ0v) is 14.0. The van der Waals surface area contributed by atoms with E-state index in [1.165, 1.54) is 0 Å². The number of rotatable bonds is 7. The van der Waals surface area contributed by atoms with Crippen molar-refractivity contribution >= 4 is 23.4 Å². The van der Waals surface area contributed by atoms with Gasteiger partial charge in [0.2, 0.25) is 11.8 Å². The van der Waals surface area contributed by atoms with Gasteiger partial charge in [0.25, 0.3) is 5.91 Å². The molecule has 1 aliphatic heterocycles. The van der Waals surface area contributed by atoms with Gasteiger partial charge in [0.1, 0.15) is 5.75 Å². The fourth-order valence-electron chi connectivity index (χ4n) is 2.40. The Kier molecular flexibility index (Phi) is 6.17. The number of anilines is 1. The van der Waals surface area contributed by atoms with Crippen molar-refractivity contribution in [2.45, 2.75) is 39.2 Å². The van der Waals surface area contributed by atoms with Gasteiger partial charge in [-0.15, -0.1) is 0 Å². The van der Waals surface area contributed by atoms with Gasteiger partial charge >= 0.3 is 0 Å². The molecule has 0 fully saturated rings. The molecule has 0 unspecified atom stereocenters. The molecule has 24 heavy (non-hydrogen) atoms. The lowest BCUT2D eigenvalue weighted by Crippen LogP contribution is -2.35. The van der Waals surface area contributed by atoms with Gasteiger partial charge in [0.05, 0.1) is 5.69 Å². The Balaban J connectivity index is 1.78. The maximum Gasteiger partial charge on any atom is 0.257 e. The summed E-state index contributed by atoms with van der Waals surface area (Å²) in [5.41, 5.74) is 1.63. The molecule has 2 rings (SSSR count). The second-order valence-electron chi connectivity index (χ2n) is 5.95. The molecule has 1 aliphatic rings. The molecule has 7 nitrogen and oxygen atoms in total. The summed E-state index contributed by atoms with van der Waals surface area (Å²) in [6, 6.07) is 5.55. The average Bonchev–Trinajstić information content (AvgIpc) is 2.52. The number of aryl methyl sites for hydroxylation is 1. The van der Waals surface area contributed by atoms with Crippen molar-refractivity contribution in [3.8, 4) is 5.75 Å². The second-order valence-corrected chi connectivity index (χ2v) is 5.95. The second kappa shape index (κ2) is 8.33. The Bertz CT molecular complexity index is 628. The predicted octanol–water partition coefficient (Wildman–Crippen LogP) is 0.981. The number of amides is 3. The summed E-state index contributed by atoms with van der Waals surface area (Å²) in [4.78, 5) is 34.8. The standard InChI is InChI=1S/C17H23N3O4/c1-11(2)19-15(22)8-9-18-16(23)10-24-13-5-3-4-12-6-7-14(21)20-17(12)13/h3-5,11H,6-10H2,1-2H3,(H,18,23)(H,19,22)(H,20,21). The molecule has 1 aromatic carbocycles. The fourth-order valence-corrected chi connectivity index (χ4v) is 2.40. The third kappa shape index (κ3) is 5.26. The number of benzene rings is 1. The van der Waals surface area contributed by atoms with Crippen LogP contribution in [0.25, 0.3) is 0 Å². The van der Waals surface area contributed by atoms with Crippen LogP contribution >= 0.6 is 0 Å². The lowest BCUT2D eigenvalue weighted by Gasteiger charge is -2.20. The number of hydrogen-bond acceptors (Lipinski definition) is 4. The molecular formula is C17H23N3O4. The zero-order valence-electron chi connectivity index (χ0n) is 14.0. The van der Waals surface area contributed by atoms with Gasteiger partial charge in [-0.1, -0.05) is 12.1 Å². The first-order valence-corrected chi connectivity index (χ1v) is 8.06. The van der Waals surface area contributed by atoms with Crippen LogP contribution in [-0.4, -0.2) is 36.9 Å². The highest BCUT2D eigenvalue weighted by atomic mass is 16.5. The van der Waals surface area contributed by atoms with E-state index in [4.69, 9.17) is 4.74 Å². The van der Waals surface area contributed by atoms with Gasteiger partial charge in [-0.25, -0.2) is 0 Å². The summed E-state index contributed by atoms with van der Waals surface area (Å²) < 4.78 is 5.51. The summed E-state index contributed by atoms with van der Waals surface area (Å²) in [6.07, 6.45) is 1.34. The molecule has 3 amide bonds. The van der Waals surface area contributed by atoms with Gasteiger partial charge in [0, 0.05) is 25.4 Å². The van der Waals surface area contributed by atoms with Crippen molar-refractivity contribution in [3.63, 3.8) is 0 Å². The Morgan fingerprint density at radius 3 is 2.79 bits per heavy atom. The minimum Gasteiger partial charge on any atom is -0.482 e. The van der Waals surface area contributed by atoms with Gasteiger partial charge in [-0.05, 0) is 31.9 Å². The molecule has 0 bridgehead atoms. The van der Waals surface area contributed by atoms with Gasteiger partial charge in [-0.2, -0.15) is 0 Å². The Hall–Kier alpha value is -2.57. The van der Waals surface area contributed by atoms with Crippen LogP contribution < -0.4 is 20.7 Å². The predicted molar refractivity (Wildman–Crippen MR) is 89.8 cm³/mol. The highest BCUT2D eigenvalue weighted by molar-refractivity contribution is 5.95. The first-order chi connectivity index (χ1) is 11.5. The summed E-state index contributed by atoms with van der Waals surface area (Å²) in [5.74, 6) is 0.00515. The summed E-state index contributed by atoms with van der Waals surface area (Å²) in [7, 11) is 0. The first kappa shape index (κ1) is 17.8. The Labute approximate surface area is 141 Å². The number of fused-ring (bicyclic) bond motifs is 1. The molecule has 0 saturated heterocycles. The normalized spacial score (nSPS) is 13.0. The third-order valence-electron chi connectivity index (χ3n) is 3.48. The smallest absolute Gasteiger partial charge is 0.257 e. The fraction of sp³-hybridized carbons (Fsp3) is 0.471. The largest absolute Gasteiger partial charge is 0.482 e. The van der Waals surface area contributed by atoms with E-state index < -0.39 is 0 Å². The molecule has 0 spiro atoms. The molecular weight excluding hydrogens is 310 g/mol. The van der Waals surface area contributed by atoms with Gasteiger partial charge < -0.3 is 20.7 Å². The third-order valence-corrected chi connectivity index (χ3v) is 3.48. The van der Waals surface area contributed by atoms with Crippen molar-refractivity contribution < 1.29 is 19.1 Å². The van der Waals surface area contributed by atoms with Crippen LogP contribution in [0.3, 0.4) is 0 Å². The van der Waals surface area contributed by atoms with Crippen LogP contribution in [0, 0.1) is 0 Å². The van der Waals surface area contributed by atoms with E-state index in [1.54, 1.807) is 6.07 Å². The van der Waals surface area contributed by atoms with Crippen LogP contribution in [0.15, 0.2) is 18.2 Å². The van der Waals surface area contributed by atoms with Crippen molar-refractivity contribution in [3.05, 3.63) is 23.8 Å². The van der Waals surface area contributed by atoms with Crippen LogP contribution in [0.4, 0.5) is 5.69 Å². The molecule has 1 heterocycles. The van der Waals surface area contributed by atoms with Crippen molar-refractivity contribution in [2.75, 3.05) is 18.5 Å². The monoisotopic (exact) mass is 333 g/mol. The molecule has 7 heteroatoms. The van der Waals surface area contributed by atoms with Gasteiger partial charge in [0.15, 0.2) is 6.61 Å².